The summed E-state index contributed by atoms with van der Waals surface area (Å²) in [5.41, 5.74) is 2.24. The van der Waals surface area contributed by atoms with Crippen LogP contribution in [0.15, 0.2) is 18.6 Å². The first-order chi connectivity index (χ1) is 12.2. The van der Waals surface area contributed by atoms with Crippen LogP contribution in [0.4, 0.5) is 0 Å². The summed E-state index contributed by atoms with van der Waals surface area (Å²) in [4.78, 5) is 22.0. The minimum atomic E-state index is 0.0274. The largest absolute Gasteiger partial charge is 0.378 e. The Kier molecular flexibility index (Phi) is 3.53. The third-order valence-corrected chi connectivity index (χ3v) is 5.72. The molecule has 5 rings (SSSR count). The number of hydrogen-bond acceptors (Lipinski definition) is 5. The molecule has 1 amide bonds. The standard InChI is InChI=1S/C18H23N5O2/c1-12-6-19-17-15(7-20-23(17)8-12)18(24)21-4-5-22-14(9-21)10-25-11-16(22)13-2-3-13/h6-8,13-14,16H,2-5,9-11H2,1H3/t14-,16-/m1/s1. The minimum Gasteiger partial charge on any atom is -0.378 e. The quantitative estimate of drug-likeness (QED) is 0.815. The molecule has 132 valence electrons. The van der Waals surface area contributed by atoms with Crippen LogP contribution in [0.5, 0.6) is 0 Å². The number of nitrogens with zero attached hydrogens (tertiary/aromatic N) is 5. The molecule has 2 aliphatic heterocycles. The van der Waals surface area contributed by atoms with Crippen LogP contribution in [-0.4, -0.2) is 75.2 Å². The van der Waals surface area contributed by atoms with Gasteiger partial charge < -0.3 is 9.64 Å². The molecule has 0 N–H and O–H groups in total. The lowest BCUT2D eigenvalue weighted by Gasteiger charge is -2.48. The Labute approximate surface area is 146 Å². The number of rotatable bonds is 2. The van der Waals surface area contributed by atoms with E-state index in [0.717, 1.165) is 44.3 Å². The van der Waals surface area contributed by atoms with E-state index in [2.05, 4.69) is 15.0 Å². The number of piperazine rings is 1. The molecule has 25 heavy (non-hydrogen) atoms. The van der Waals surface area contributed by atoms with E-state index in [9.17, 15) is 4.79 Å². The van der Waals surface area contributed by atoms with Crippen molar-refractivity contribution in [2.24, 2.45) is 5.92 Å². The number of aryl methyl sites for hydroxylation is 1. The monoisotopic (exact) mass is 341 g/mol. The number of hydrogen-bond donors (Lipinski definition) is 0. The highest BCUT2D eigenvalue weighted by Gasteiger charge is 2.43. The predicted molar refractivity (Wildman–Crippen MR) is 91.5 cm³/mol. The molecule has 7 heteroatoms. The Bertz CT molecular complexity index is 815. The van der Waals surface area contributed by atoms with Gasteiger partial charge in [0.15, 0.2) is 5.65 Å². The highest BCUT2D eigenvalue weighted by atomic mass is 16.5. The molecule has 0 unspecified atom stereocenters. The highest BCUT2D eigenvalue weighted by Crippen LogP contribution is 2.38. The van der Waals surface area contributed by atoms with Gasteiger partial charge in [0.25, 0.3) is 5.91 Å². The van der Waals surface area contributed by atoms with Gasteiger partial charge in [0, 0.05) is 38.1 Å². The minimum absolute atomic E-state index is 0.0274. The molecule has 0 bridgehead atoms. The van der Waals surface area contributed by atoms with E-state index in [0.29, 0.717) is 23.3 Å². The SMILES string of the molecule is Cc1cnc2c(C(=O)N3CCN4[C@@H](COC[C@@H]4C4CC4)C3)cnn2c1. The molecule has 2 aromatic rings. The summed E-state index contributed by atoms with van der Waals surface area (Å²) >= 11 is 0. The molecule has 3 fully saturated rings. The summed E-state index contributed by atoms with van der Waals surface area (Å²) in [5.74, 6) is 0.830. The van der Waals surface area contributed by atoms with Crippen molar-refractivity contribution < 1.29 is 9.53 Å². The average Bonchev–Trinajstić information content (AvgIpc) is 3.40. The van der Waals surface area contributed by atoms with Gasteiger partial charge in [0.2, 0.25) is 0 Å². The van der Waals surface area contributed by atoms with Gasteiger partial charge >= 0.3 is 0 Å². The molecule has 2 aromatic heterocycles. The summed E-state index contributed by atoms with van der Waals surface area (Å²) in [7, 11) is 0. The van der Waals surface area contributed by atoms with Crippen LogP contribution in [0.25, 0.3) is 5.65 Å². The molecule has 2 saturated heterocycles. The molecule has 0 spiro atoms. The second kappa shape index (κ2) is 5.78. The summed E-state index contributed by atoms with van der Waals surface area (Å²) in [6.07, 6.45) is 7.97. The van der Waals surface area contributed by atoms with Gasteiger partial charge in [-0.25, -0.2) is 9.50 Å². The van der Waals surface area contributed by atoms with Gasteiger partial charge in [0.05, 0.1) is 25.5 Å². The van der Waals surface area contributed by atoms with E-state index in [-0.39, 0.29) is 5.91 Å². The number of ether oxygens (including phenoxy) is 1. The number of morpholine rings is 1. The lowest BCUT2D eigenvalue weighted by Crippen LogP contribution is -2.63. The maximum Gasteiger partial charge on any atom is 0.259 e. The Morgan fingerprint density at radius 1 is 1.24 bits per heavy atom. The first kappa shape index (κ1) is 15.3. The van der Waals surface area contributed by atoms with Gasteiger partial charge in [-0.2, -0.15) is 5.10 Å². The van der Waals surface area contributed by atoms with E-state index < -0.39 is 0 Å². The fraction of sp³-hybridized carbons (Fsp3) is 0.611. The van der Waals surface area contributed by atoms with Crippen LogP contribution in [0, 0.1) is 12.8 Å². The number of carbonyl (C=O) groups is 1. The molecule has 1 aliphatic carbocycles. The zero-order valence-corrected chi connectivity index (χ0v) is 14.5. The van der Waals surface area contributed by atoms with Gasteiger partial charge in [-0.3, -0.25) is 9.69 Å². The lowest BCUT2D eigenvalue weighted by molar-refractivity contribution is -0.0816. The third kappa shape index (κ3) is 2.62. The maximum absolute atomic E-state index is 13.0. The van der Waals surface area contributed by atoms with Gasteiger partial charge in [-0.1, -0.05) is 0 Å². The second-order valence-electron chi connectivity index (χ2n) is 7.54. The first-order valence-corrected chi connectivity index (χ1v) is 9.13. The fourth-order valence-corrected chi connectivity index (χ4v) is 4.24. The maximum atomic E-state index is 13.0. The number of carbonyl (C=O) groups excluding carboxylic acids is 1. The highest BCUT2D eigenvalue weighted by molar-refractivity contribution is 5.99. The molecule has 4 heterocycles. The topological polar surface area (TPSA) is 63.0 Å². The van der Waals surface area contributed by atoms with Crippen molar-refractivity contribution in [3.63, 3.8) is 0 Å². The zero-order chi connectivity index (χ0) is 17.0. The number of fused-ring (bicyclic) bond motifs is 2. The van der Waals surface area contributed by atoms with E-state index in [1.165, 1.54) is 12.8 Å². The second-order valence-corrected chi connectivity index (χ2v) is 7.54. The van der Waals surface area contributed by atoms with Crippen LogP contribution in [0.3, 0.4) is 0 Å². The molecule has 0 radical (unpaired) electrons. The van der Waals surface area contributed by atoms with Crippen molar-refractivity contribution in [1.29, 1.82) is 0 Å². The Hall–Kier alpha value is -1.99. The molecule has 0 aromatic carbocycles. The summed E-state index contributed by atoms with van der Waals surface area (Å²) in [6.45, 7) is 5.97. The van der Waals surface area contributed by atoms with Crippen molar-refractivity contribution in [3.05, 3.63) is 29.7 Å². The van der Waals surface area contributed by atoms with Crippen molar-refractivity contribution in [2.75, 3.05) is 32.8 Å². The van der Waals surface area contributed by atoms with Crippen LogP contribution in [0.2, 0.25) is 0 Å². The third-order valence-electron chi connectivity index (χ3n) is 5.72. The molecular formula is C18H23N5O2. The molecule has 3 aliphatic rings. The lowest BCUT2D eigenvalue weighted by atomic mass is 10.0. The van der Waals surface area contributed by atoms with Crippen LogP contribution >= 0.6 is 0 Å². The van der Waals surface area contributed by atoms with E-state index in [1.54, 1.807) is 16.9 Å². The average molecular weight is 341 g/mol. The Morgan fingerprint density at radius 2 is 2.12 bits per heavy atom. The summed E-state index contributed by atoms with van der Waals surface area (Å²) < 4.78 is 7.53. The zero-order valence-electron chi connectivity index (χ0n) is 14.5. The van der Waals surface area contributed by atoms with Gasteiger partial charge in [-0.15, -0.1) is 0 Å². The normalized spacial score (nSPS) is 27.5. The molecule has 7 nitrogen and oxygen atoms in total. The molecule has 1 saturated carbocycles. The Morgan fingerprint density at radius 3 is 2.96 bits per heavy atom. The smallest absolute Gasteiger partial charge is 0.259 e. The van der Waals surface area contributed by atoms with Crippen LogP contribution < -0.4 is 0 Å². The first-order valence-electron chi connectivity index (χ1n) is 9.13. The molecular weight excluding hydrogens is 318 g/mol. The van der Waals surface area contributed by atoms with Gasteiger partial charge in [-0.05, 0) is 31.2 Å². The van der Waals surface area contributed by atoms with Gasteiger partial charge in [0.1, 0.15) is 5.56 Å². The van der Waals surface area contributed by atoms with Crippen LogP contribution in [0.1, 0.15) is 28.8 Å². The van der Waals surface area contributed by atoms with E-state index in [1.807, 2.05) is 18.0 Å². The van der Waals surface area contributed by atoms with Crippen LogP contribution in [-0.2, 0) is 4.74 Å². The van der Waals surface area contributed by atoms with E-state index in [4.69, 9.17) is 4.74 Å². The summed E-state index contributed by atoms with van der Waals surface area (Å²) in [5, 5.41) is 4.29. The molecule has 2 atom stereocenters. The summed E-state index contributed by atoms with van der Waals surface area (Å²) in [6, 6.07) is 0.867. The number of aromatic nitrogens is 3. The fourth-order valence-electron chi connectivity index (χ4n) is 4.24. The van der Waals surface area contributed by atoms with E-state index >= 15 is 0 Å². The Balaban J connectivity index is 1.36. The van der Waals surface area contributed by atoms with Crippen molar-refractivity contribution in [3.8, 4) is 0 Å². The number of amides is 1. The van der Waals surface area contributed by atoms with Crippen molar-refractivity contribution >= 4 is 11.6 Å². The van der Waals surface area contributed by atoms with Crippen molar-refractivity contribution in [1.82, 2.24) is 24.4 Å². The van der Waals surface area contributed by atoms with Crippen molar-refractivity contribution in [2.45, 2.75) is 31.8 Å². The predicted octanol–water partition coefficient (Wildman–Crippen LogP) is 0.973.